The Labute approximate surface area is 253 Å². The molecule has 3 heterocycles. The molecule has 8 heteroatoms. The predicted octanol–water partition coefficient (Wildman–Crippen LogP) is 9.41. The van der Waals surface area contributed by atoms with E-state index in [-0.39, 0.29) is 6.42 Å². The number of aryl methyl sites for hydroxylation is 3. The van der Waals surface area contributed by atoms with E-state index in [9.17, 15) is 13.2 Å². The standard InChI is InChI=1S/C36H31F3N4O/c1-20-11-12-40-34(15-20)42-32-8-6-5-7-28(32)29-10-9-26(19-33(29)42)44-27-14-21(2)13-25(18-27)43-23(4)35(22(3)41-43)36-30(38)16-24(37)17-31(36)39/h5-16,18-19,24,31,36H,17H2,1-4H3/t24-,31-,36?/m0/s1. The number of aromatic nitrogens is 4. The average molecular weight is 593 g/mol. The number of hydrogen-bond donors (Lipinski definition) is 0. The van der Waals surface area contributed by atoms with Gasteiger partial charge in [-0.3, -0.25) is 4.57 Å². The van der Waals surface area contributed by atoms with E-state index in [0.29, 0.717) is 34.1 Å². The molecule has 44 heavy (non-hydrogen) atoms. The van der Waals surface area contributed by atoms with Gasteiger partial charge in [0.25, 0.3) is 0 Å². The van der Waals surface area contributed by atoms with Gasteiger partial charge in [-0.2, -0.15) is 5.10 Å². The van der Waals surface area contributed by atoms with Gasteiger partial charge < -0.3 is 4.74 Å². The van der Waals surface area contributed by atoms with Crippen LogP contribution in [0, 0.1) is 27.7 Å². The maximum atomic E-state index is 14.9. The van der Waals surface area contributed by atoms with Gasteiger partial charge in [0.15, 0.2) is 0 Å². The topological polar surface area (TPSA) is 44.9 Å². The van der Waals surface area contributed by atoms with Gasteiger partial charge in [-0.25, -0.2) is 22.8 Å². The molecule has 5 nitrogen and oxygen atoms in total. The molecule has 0 spiro atoms. The highest BCUT2D eigenvalue weighted by atomic mass is 19.2. The molecule has 7 rings (SSSR count). The number of fused-ring (bicyclic) bond motifs is 3. The normalized spacial score (nSPS) is 18.6. The highest BCUT2D eigenvalue weighted by Gasteiger charge is 2.37. The summed E-state index contributed by atoms with van der Waals surface area (Å²) < 4.78 is 53.8. The van der Waals surface area contributed by atoms with Crippen LogP contribution in [-0.4, -0.2) is 31.7 Å². The first-order valence-corrected chi connectivity index (χ1v) is 14.7. The third kappa shape index (κ3) is 4.75. The zero-order valence-electron chi connectivity index (χ0n) is 24.9. The van der Waals surface area contributed by atoms with Gasteiger partial charge in [0.2, 0.25) is 0 Å². The summed E-state index contributed by atoms with van der Waals surface area (Å²) in [6.07, 6.45) is -0.965. The number of halogens is 3. The van der Waals surface area contributed by atoms with Gasteiger partial charge in [-0.15, -0.1) is 0 Å². The van der Waals surface area contributed by atoms with E-state index >= 15 is 0 Å². The lowest BCUT2D eigenvalue weighted by atomic mass is 9.85. The maximum Gasteiger partial charge on any atom is 0.137 e. The van der Waals surface area contributed by atoms with E-state index in [1.165, 1.54) is 0 Å². The van der Waals surface area contributed by atoms with Crippen LogP contribution in [0.15, 0.2) is 90.9 Å². The van der Waals surface area contributed by atoms with Crippen LogP contribution in [0.2, 0.25) is 0 Å². The van der Waals surface area contributed by atoms with E-state index in [1.54, 1.807) is 18.5 Å². The van der Waals surface area contributed by atoms with E-state index in [2.05, 4.69) is 38.9 Å². The summed E-state index contributed by atoms with van der Waals surface area (Å²) >= 11 is 0. The Bertz CT molecular complexity index is 2090. The lowest BCUT2D eigenvalue weighted by Gasteiger charge is -2.25. The van der Waals surface area contributed by atoms with Crippen LogP contribution < -0.4 is 4.74 Å². The van der Waals surface area contributed by atoms with E-state index in [4.69, 9.17) is 4.74 Å². The quantitative estimate of drug-likeness (QED) is 0.200. The molecule has 0 fully saturated rings. The number of nitrogens with zero attached hydrogens (tertiary/aromatic N) is 4. The fourth-order valence-corrected chi connectivity index (χ4v) is 6.49. The largest absolute Gasteiger partial charge is 0.457 e. The minimum atomic E-state index is -1.66. The van der Waals surface area contributed by atoms with Crippen molar-refractivity contribution in [2.45, 2.75) is 52.4 Å². The predicted molar refractivity (Wildman–Crippen MR) is 168 cm³/mol. The summed E-state index contributed by atoms with van der Waals surface area (Å²) in [4.78, 5) is 4.66. The van der Waals surface area contributed by atoms with Crippen LogP contribution in [0.25, 0.3) is 33.3 Å². The van der Waals surface area contributed by atoms with Gasteiger partial charge in [0, 0.05) is 46.8 Å². The molecule has 6 aromatic rings. The number of pyridine rings is 1. The Balaban J connectivity index is 1.28. The zero-order chi connectivity index (χ0) is 30.7. The summed E-state index contributed by atoms with van der Waals surface area (Å²) in [5, 5.41) is 6.86. The molecule has 3 atom stereocenters. The van der Waals surface area contributed by atoms with Crippen molar-refractivity contribution in [2.75, 3.05) is 0 Å². The molecule has 3 aromatic carbocycles. The molecular formula is C36H31F3N4O. The van der Waals surface area contributed by atoms with Gasteiger partial charge in [-0.05, 0) is 87.4 Å². The van der Waals surface area contributed by atoms with E-state index < -0.39 is 24.1 Å². The second-order valence-electron chi connectivity index (χ2n) is 11.6. The first-order chi connectivity index (χ1) is 21.2. The van der Waals surface area contributed by atoms with E-state index in [1.807, 2.05) is 68.6 Å². The third-order valence-corrected chi connectivity index (χ3v) is 8.40. The maximum absolute atomic E-state index is 14.9. The first kappa shape index (κ1) is 28.0. The summed E-state index contributed by atoms with van der Waals surface area (Å²) in [6, 6.07) is 24.0. The fourth-order valence-electron chi connectivity index (χ4n) is 6.49. The van der Waals surface area contributed by atoms with Gasteiger partial charge in [-0.1, -0.05) is 18.2 Å². The molecule has 0 amide bonds. The Kier molecular flexibility index (Phi) is 6.80. The van der Waals surface area contributed by atoms with Crippen molar-refractivity contribution >= 4 is 21.8 Å². The van der Waals surface area contributed by atoms with Crippen molar-refractivity contribution in [3.63, 3.8) is 0 Å². The highest BCUT2D eigenvalue weighted by molar-refractivity contribution is 6.09. The molecule has 0 radical (unpaired) electrons. The van der Waals surface area contributed by atoms with Crippen LogP contribution in [0.1, 0.15) is 40.4 Å². The molecule has 1 aliphatic carbocycles. The van der Waals surface area contributed by atoms with Crippen LogP contribution >= 0.6 is 0 Å². The molecular weight excluding hydrogens is 561 g/mol. The SMILES string of the molecule is Cc1cc(Oc2ccc3c4ccccc4n(-c4cc(C)ccn4)c3c2)cc(-n2nc(C)c(C3C(F)=C[C@H](F)C[C@@H]3F)c2C)c1. The number of benzene rings is 3. The zero-order valence-corrected chi connectivity index (χ0v) is 24.9. The lowest BCUT2D eigenvalue weighted by molar-refractivity contribution is 0.195. The Morgan fingerprint density at radius 1 is 0.818 bits per heavy atom. The second-order valence-corrected chi connectivity index (χ2v) is 11.6. The van der Waals surface area contributed by atoms with Crippen LogP contribution in [0.3, 0.4) is 0 Å². The number of alkyl halides is 2. The Morgan fingerprint density at radius 2 is 1.61 bits per heavy atom. The molecule has 0 saturated heterocycles. The van der Waals surface area contributed by atoms with Crippen molar-refractivity contribution in [3.8, 4) is 23.0 Å². The number of ether oxygens (including phenoxy) is 1. The molecule has 1 unspecified atom stereocenters. The minimum absolute atomic E-state index is 0.367. The molecule has 1 aliphatic rings. The molecule has 3 aromatic heterocycles. The summed E-state index contributed by atoms with van der Waals surface area (Å²) in [6.45, 7) is 7.51. The first-order valence-electron chi connectivity index (χ1n) is 14.7. The fraction of sp³-hybridized carbons (Fsp3) is 0.222. The number of rotatable bonds is 5. The molecule has 0 aliphatic heterocycles. The van der Waals surface area contributed by atoms with Gasteiger partial charge >= 0.3 is 0 Å². The highest BCUT2D eigenvalue weighted by Crippen LogP contribution is 2.41. The van der Waals surface area contributed by atoms with Crippen molar-refractivity contribution in [3.05, 3.63) is 119 Å². The monoisotopic (exact) mass is 592 g/mol. The van der Waals surface area contributed by atoms with Crippen LogP contribution in [0.5, 0.6) is 11.5 Å². The van der Waals surface area contributed by atoms with Crippen molar-refractivity contribution in [1.29, 1.82) is 0 Å². The number of allylic oxidation sites excluding steroid dienone is 2. The van der Waals surface area contributed by atoms with Gasteiger partial charge in [0.05, 0.1) is 28.3 Å². The van der Waals surface area contributed by atoms with E-state index in [0.717, 1.165) is 44.8 Å². The van der Waals surface area contributed by atoms with Gasteiger partial charge in [0.1, 0.15) is 35.5 Å². The minimum Gasteiger partial charge on any atom is -0.457 e. The summed E-state index contributed by atoms with van der Waals surface area (Å²) in [7, 11) is 0. The third-order valence-electron chi connectivity index (χ3n) is 8.40. The van der Waals surface area contributed by atoms with Crippen molar-refractivity contribution in [2.24, 2.45) is 0 Å². The number of hydrogen-bond acceptors (Lipinski definition) is 3. The Morgan fingerprint density at radius 3 is 2.41 bits per heavy atom. The lowest BCUT2D eigenvalue weighted by Crippen LogP contribution is -2.25. The molecule has 222 valence electrons. The van der Waals surface area contributed by atoms with Crippen molar-refractivity contribution in [1.82, 2.24) is 19.3 Å². The Hall–Kier alpha value is -4.85. The molecule has 0 bridgehead atoms. The average Bonchev–Trinajstić information content (AvgIpc) is 3.45. The summed E-state index contributed by atoms with van der Waals surface area (Å²) in [5.41, 5.74) is 6.32. The summed E-state index contributed by atoms with van der Waals surface area (Å²) in [5.74, 6) is 0.113. The van der Waals surface area contributed by atoms with Crippen LogP contribution in [-0.2, 0) is 0 Å². The second kappa shape index (κ2) is 10.7. The smallest absolute Gasteiger partial charge is 0.137 e. The van der Waals surface area contributed by atoms with Crippen molar-refractivity contribution < 1.29 is 17.9 Å². The molecule has 0 saturated carbocycles. The number of para-hydroxylation sites is 1. The van der Waals surface area contributed by atoms with Crippen LogP contribution in [0.4, 0.5) is 13.2 Å². The molecule has 0 N–H and O–H groups in total.